The topological polar surface area (TPSA) is 52.5 Å². The molecule has 0 saturated heterocycles. The van der Waals surface area contributed by atoms with E-state index in [1.54, 1.807) is 0 Å². The van der Waals surface area contributed by atoms with Gasteiger partial charge < -0.3 is 22.5 Å². The number of Topliss-reactive ketones (excluding diaryl/α,β-unsaturated/α-hetero) is 1. The van der Waals surface area contributed by atoms with Crippen molar-refractivity contribution in [2.75, 3.05) is 0 Å². The van der Waals surface area contributed by atoms with E-state index >= 15 is 0 Å². The van der Waals surface area contributed by atoms with Crippen LogP contribution in [0.4, 0.5) is 0 Å². The molecule has 0 radical (unpaired) electrons. The maximum Gasteiger partial charge on any atom is 0.230 e. The van der Waals surface area contributed by atoms with Gasteiger partial charge in [-0.05, 0) is 11.5 Å². The summed E-state index contributed by atoms with van der Waals surface area (Å²) in [4.78, 5) is 12.5. The van der Waals surface area contributed by atoms with E-state index in [0.29, 0.717) is 0 Å². The molecule has 0 saturated carbocycles. The number of hydrogen-bond donors (Lipinski definition) is 0. The summed E-state index contributed by atoms with van der Waals surface area (Å²) in [7, 11) is 0. The lowest BCUT2D eigenvalue weighted by Crippen LogP contribution is -3.00. The van der Waals surface area contributed by atoms with Gasteiger partial charge in [0, 0.05) is 23.9 Å². The Morgan fingerprint density at radius 3 is 2.18 bits per heavy atom. The van der Waals surface area contributed by atoms with E-state index in [0.717, 1.165) is 10.9 Å². The van der Waals surface area contributed by atoms with Crippen molar-refractivity contribution in [1.82, 2.24) is 0 Å². The molecular formula is C18H18BrNO2. The molecule has 0 fully saturated rings. The summed E-state index contributed by atoms with van der Waals surface area (Å²) in [5, 5.41) is 2.32. The van der Waals surface area contributed by atoms with Gasteiger partial charge in [0.1, 0.15) is 0 Å². The zero-order valence-corrected chi connectivity index (χ0v) is 13.8. The van der Waals surface area contributed by atoms with Crippen molar-refractivity contribution in [2.45, 2.75) is 13.0 Å². The van der Waals surface area contributed by atoms with E-state index in [9.17, 15) is 4.79 Å². The number of pyridine rings is 1. The predicted octanol–water partition coefficient (Wildman–Crippen LogP) is -0.250. The molecule has 114 valence electrons. The predicted molar refractivity (Wildman–Crippen MR) is 83.2 cm³/mol. The fraction of sp³-hybridized carbons (Fsp3) is 0.111. The van der Waals surface area contributed by atoms with Gasteiger partial charge in [0.15, 0.2) is 12.4 Å². The van der Waals surface area contributed by atoms with Gasteiger partial charge >= 0.3 is 0 Å². The van der Waals surface area contributed by atoms with Gasteiger partial charge in [0.05, 0.1) is 0 Å². The fourth-order valence-corrected chi connectivity index (χ4v) is 2.37. The van der Waals surface area contributed by atoms with Gasteiger partial charge in [0.2, 0.25) is 11.8 Å². The van der Waals surface area contributed by atoms with Crippen LogP contribution < -0.4 is 21.5 Å². The molecule has 1 aromatic heterocycles. The lowest BCUT2D eigenvalue weighted by atomic mass is 10.0. The summed E-state index contributed by atoms with van der Waals surface area (Å²) in [6.07, 6.45) is 3.99. The lowest BCUT2D eigenvalue weighted by molar-refractivity contribution is -0.703. The molecule has 0 aliphatic heterocycles. The summed E-state index contributed by atoms with van der Waals surface area (Å²) < 4.78 is 1.97. The van der Waals surface area contributed by atoms with Crippen LogP contribution in [0, 0.1) is 0 Å². The maximum absolute atomic E-state index is 12.5. The molecule has 3 rings (SSSR count). The minimum absolute atomic E-state index is 0. The van der Waals surface area contributed by atoms with Crippen molar-refractivity contribution in [3.63, 3.8) is 0 Å². The third-order valence-corrected chi connectivity index (χ3v) is 3.60. The normalized spacial score (nSPS) is 11.1. The van der Waals surface area contributed by atoms with E-state index in [2.05, 4.69) is 12.1 Å². The number of rotatable bonds is 3. The summed E-state index contributed by atoms with van der Waals surface area (Å²) in [6, 6.07) is 19.4. The van der Waals surface area contributed by atoms with E-state index in [-0.39, 0.29) is 34.3 Å². The van der Waals surface area contributed by atoms with Crippen LogP contribution in [-0.2, 0) is 0 Å². The van der Waals surface area contributed by atoms with Crippen molar-refractivity contribution < 1.29 is 31.8 Å². The number of hydrogen-bond acceptors (Lipinski definition) is 1. The molecule has 1 unspecified atom stereocenters. The Balaban J connectivity index is 0.00000121. The van der Waals surface area contributed by atoms with Crippen LogP contribution in [0.25, 0.3) is 10.8 Å². The molecule has 1 atom stereocenters. The fourth-order valence-electron chi connectivity index (χ4n) is 2.37. The maximum atomic E-state index is 12.5. The molecule has 0 aliphatic rings. The lowest BCUT2D eigenvalue weighted by Gasteiger charge is -2.07. The first kappa shape index (κ1) is 18.0. The molecule has 22 heavy (non-hydrogen) atoms. The Hall–Kier alpha value is -2.04. The van der Waals surface area contributed by atoms with Crippen LogP contribution in [0.15, 0.2) is 73.1 Å². The Morgan fingerprint density at radius 1 is 0.909 bits per heavy atom. The van der Waals surface area contributed by atoms with Crippen LogP contribution in [0.2, 0.25) is 0 Å². The SMILES string of the molecule is CC(C(=O)c1ccccc1)[n+]1ccc2ccccc2c1.O.[Br-]. The minimum atomic E-state index is -0.206. The quantitative estimate of drug-likeness (QED) is 0.470. The smallest absolute Gasteiger partial charge is 0.230 e. The van der Waals surface area contributed by atoms with Gasteiger partial charge in [-0.3, -0.25) is 4.79 Å². The summed E-state index contributed by atoms with van der Waals surface area (Å²) in [6.45, 7) is 1.93. The molecule has 0 amide bonds. The monoisotopic (exact) mass is 359 g/mol. The van der Waals surface area contributed by atoms with Crippen molar-refractivity contribution in [3.8, 4) is 0 Å². The largest absolute Gasteiger partial charge is 1.00 e. The average molecular weight is 360 g/mol. The van der Waals surface area contributed by atoms with Gasteiger partial charge in [-0.2, -0.15) is 4.57 Å². The number of carbonyl (C=O) groups excluding carboxylic acids is 1. The van der Waals surface area contributed by atoms with E-state index in [4.69, 9.17) is 0 Å². The molecule has 2 aromatic carbocycles. The van der Waals surface area contributed by atoms with Crippen molar-refractivity contribution >= 4 is 16.6 Å². The number of fused-ring (bicyclic) bond motifs is 1. The highest BCUT2D eigenvalue weighted by Crippen LogP contribution is 2.13. The molecule has 0 aliphatic carbocycles. The Bertz CT molecular complexity index is 759. The first-order valence-electron chi connectivity index (χ1n) is 6.74. The Labute approximate surface area is 140 Å². The zero-order valence-electron chi connectivity index (χ0n) is 12.2. The molecule has 3 aromatic rings. The number of nitrogens with zero attached hydrogens (tertiary/aromatic N) is 1. The second-order valence-corrected chi connectivity index (χ2v) is 4.93. The number of ketones is 1. The van der Waals surface area contributed by atoms with Crippen molar-refractivity contribution in [3.05, 3.63) is 78.6 Å². The summed E-state index contributed by atoms with van der Waals surface area (Å²) >= 11 is 0. The van der Waals surface area contributed by atoms with Crippen LogP contribution in [0.1, 0.15) is 23.3 Å². The van der Waals surface area contributed by atoms with Gasteiger partial charge in [-0.1, -0.05) is 48.5 Å². The number of benzene rings is 2. The van der Waals surface area contributed by atoms with E-state index in [1.165, 1.54) is 5.39 Å². The van der Waals surface area contributed by atoms with Gasteiger partial charge in [0.25, 0.3) is 0 Å². The standard InChI is InChI=1S/C18H16NO.BrH.H2O/c1-14(18(20)16-8-3-2-4-9-16)19-12-11-15-7-5-6-10-17(15)13-19;;/h2-14H,1H3;1H;1H2/q+1;;/p-1. The average Bonchev–Trinajstić information content (AvgIpc) is 2.54. The van der Waals surface area contributed by atoms with E-state index < -0.39 is 0 Å². The first-order chi connectivity index (χ1) is 9.75. The highest BCUT2D eigenvalue weighted by atomic mass is 79.9. The molecule has 0 spiro atoms. The Kier molecular flexibility index (Phi) is 6.40. The molecular weight excluding hydrogens is 342 g/mol. The molecule has 4 heteroatoms. The summed E-state index contributed by atoms with van der Waals surface area (Å²) in [5.74, 6) is 0.130. The van der Waals surface area contributed by atoms with Crippen molar-refractivity contribution in [1.29, 1.82) is 0 Å². The molecule has 1 heterocycles. The number of halogens is 1. The van der Waals surface area contributed by atoms with Gasteiger partial charge in [-0.15, -0.1) is 0 Å². The van der Waals surface area contributed by atoms with Crippen molar-refractivity contribution in [2.24, 2.45) is 0 Å². The minimum Gasteiger partial charge on any atom is -1.00 e. The van der Waals surface area contributed by atoms with Gasteiger partial charge in [-0.25, -0.2) is 0 Å². The Morgan fingerprint density at radius 2 is 1.50 bits per heavy atom. The second-order valence-electron chi connectivity index (χ2n) is 4.93. The molecule has 3 nitrogen and oxygen atoms in total. The summed E-state index contributed by atoms with van der Waals surface area (Å²) in [5.41, 5.74) is 0.751. The van der Waals surface area contributed by atoms with Crippen LogP contribution >= 0.6 is 0 Å². The van der Waals surface area contributed by atoms with Crippen LogP contribution in [0.3, 0.4) is 0 Å². The highest BCUT2D eigenvalue weighted by Gasteiger charge is 2.23. The number of aromatic nitrogens is 1. The first-order valence-corrected chi connectivity index (χ1v) is 6.74. The van der Waals surface area contributed by atoms with Crippen LogP contribution in [0.5, 0.6) is 0 Å². The van der Waals surface area contributed by atoms with Crippen LogP contribution in [-0.4, -0.2) is 11.3 Å². The molecule has 2 N–H and O–H groups in total. The third kappa shape index (κ3) is 3.59. The second kappa shape index (κ2) is 7.82. The highest BCUT2D eigenvalue weighted by molar-refractivity contribution is 5.97. The zero-order chi connectivity index (χ0) is 13.9. The third-order valence-electron chi connectivity index (χ3n) is 3.60. The number of carbonyl (C=O) groups is 1. The molecule has 0 bridgehead atoms. The van der Waals surface area contributed by atoms with E-state index in [1.807, 2.05) is 72.4 Å².